The fraction of sp³-hybridized carbons (Fsp3) is 0.684. The fourth-order valence-corrected chi connectivity index (χ4v) is 6.19. The number of pyridine rings is 1. The van der Waals surface area contributed by atoms with Gasteiger partial charge in [0.05, 0.1) is 23.1 Å². The Morgan fingerprint density at radius 1 is 1.23 bits per heavy atom. The molecule has 3 atom stereocenters. The van der Waals surface area contributed by atoms with Crippen molar-refractivity contribution < 1.29 is 22.4 Å². The molecule has 5 rings (SSSR count). The van der Waals surface area contributed by atoms with Crippen LogP contribution < -0.4 is 0 Å². The molecular weight excluding hydrogens is 348 g/mol. The smallest absolute Gasteiger partial charge is 0.334 e. The van der Waals surface area contributed by atoms with Crippen molar-refractivity contribution in [2.45, 2.75) is 57.2 Å². The van der Waals surface area contributed by atoms with E-state index in [1.54, 1.807) is 11.1 Å². The Hall–Kier alpha value is -1.66. The lowest BCUT2D eigenvalue weighted by Crippen LogP contribution is -2.44. The maximum Gasteiger partial charge on any atom is 0.394 e. The Bertz CT molecular complexity index is 797. The van der Waals surface area contributed by atoms with Crippen molar-refractivity contribution in [3.05, 3.63) is 29.3 Å². The summed E-state index contributed by atoms with van der Waals surface area (Å²) in [5.74, 6) is -0.472. The van der Waals surface area contributed by atoms with Gasteiger partial charge in [0.15, 0.2) is 0 Å². The summed E-state index contributed by atoms with van der Waals surface area (Å²) in [4.78, 5) is 19.0. The second-order valence-electron chi connectivity index (χ2n) is 8.76. The van der Waals surface area contributed by atoms with Crippen molar-refractivity contribution in [3.63, 3.8) is 0 Å². The van der Waals surface area contributed by atoms with Crippen LogP contribution in [0.3, 0.4) is 0 Å². The van der Waals surface area contributed by atoms with E-state index in [0.717, 1.165) is 5.56 Å². The van der Waals surface area contributed by atoms with Gasteiger partial charge in [0.2, 0.25) is 5.91 Å². The Balaban J connectivity index is 1.46. The van der Waals surface area contributed by atoms with Crippen LogP contribution in [0.25, 0.3) is 0 Å². The highest BCUT2D eigenvalue weighted by Gasteiger charge is 2.69. The fourth-order valence-electron chi connectivity index (χ4n) is 6.19. The van der Waals surface area contributed by atoms with Crippen LogP contribution in [-0.2, 0) is 4.79 Å². The summed E-state index contributed by atoms with van der Waals surface area (Å²) in [6.45, 7) is 2.46. The van der Waals surface area contributed by atoms with Crippen LogP contribution in [0.4, 0.5) is 17.6 Å². The van der Waals surface area contributed by atoms with Crippen LogP contribution in [0.1, 0.15) is 62.1 Å². The van der Waals surface area contributed by atoms with Gasteiger partial charge in [-0.3, -0.25) is 9.78 Å². The average Bonchev–Trinajstić information content (AvgIpc) is 3.21. The van der Waals surface area contributed by atoms with Gasteiger partial charge in [-0.15, -0.1) is 0 Å². The molecule has 3 nitrogen and oxygen atoms in total. The van der Waals surface area contributed by atoms with Gasteiger partial charge in [-0.1, -0.05) is 6.92 Å². The number of likely N-dealkylation sites (tertiary alicyclic amines) is 1. The highest BCUT2D eigenvalue weighted by Crippen LogP contribution is 2.69. The predicted molar refractivity (Wildman–Crippen MR) is 84.6 cm³/mol. The molecule has 4 aliphatic rings. The van der Waals surface area contributed by atoms with Crippen LogP contribution in [0.2, 0.25) is 0 Å². The zero-order chi connectivity index (χ0) is 18.5. The molecule has 0 N–H and O–H groups in total. The summed E-state index contributed by atoms with van der Waals surface area (Å²) >= 11 is 0. The number of alkyl halides is 3. The minimum atomic E-state index is -4.25. The number of carbonyl (C=O) groups excluding carboxylic acids is 1. The first-order valence-corrected chi connectivity index (χ1v) is 9.20. The van der Waals surface area contributed by atoms with Crippen molar-refractivity contribution in [1.29, 1.82) is 0 Å². The summed E-state index contributed by atoms with van der Waals surface area (Å²) in [7, 11) is 0. The van der Waals surface area contributed by atoms with E-state index in [4.69, 9.17) is 0 Å². The van der Waals surface area contributed by atoms with Gasteiger partial charge in [-0.25, -0.2) is 4.39 Å². The van der Waals surface area contributed by atoms with Crippen molar-refractivity contribution >= 4 is 5.91 Å². The largest absolute Gasteiger partial charge is 0.394 e. The molecule has 2 heterocycles. The highest BCUT2D eigenvalue weighted by molar-refractivity contribution is 5.85. The molecule has 0 radical (unpaired) electrons. The van der Waals surface area contributed by atoms with Gasteiger partial charge in [0.1, 0.15) is 5.82 Å². The number of halogens is 4. The summed E-state index contributed by atoms with van der Waals surface area (Å²) in [5.41, 5.74) is -1.21. The summed E-state index contributed by atoms with van der Waals surface area (Å²) in [5, 5.41) is 0. The molecule has 1 unspecified atom stereocenters. The molecule has 2 saturated carbocycles. The van der Waals surface area contributed by atoms with E-state index in [2.05, 4.69) is 4.98 Å². The third-order valence-electron chi connectivity index (χ3n) is 7.55. The molecule has 0 spiro atoms. The normalized spacial score (nSPS) is 40.3. The van der Waals surface area contributed by atoms with Crippen molar-refractivity contribution in [1.82, 2.24) is 9.88 Å². The van der Waals surface area contributed by atoms with E-state index in [0.29, 0.717) is 24.9 Å². The summed E-state index contributed by atoms with van der Waals surface area (Å²) in [6.07, 6.45) is -0.834. The zero-order valence-corrected chi connectivity index (χ0v) is 14.4. The molecule has 1 aliphatic heterocycles. The van der Waals surface area contributed by atoms with Crippen LogP contribution >= 0.6 is 0 Å². The minimum absolute atomic E-state index is 0.0481. The summed E-state index contributed by atoms with van der Waals surface area (Å²) < 4.78 is 54.7. The SMILES string of the molecule is C[C@H]1CN(C(=O)C23CCC(C(F)(F)F)(CC2)C3)[C@@H]2c3cncc(F)c3C21. The lowest BCUT2D eigenvalue weighted by Gasteiger charge is -2.42. The molecule has 2 bridgehead atoms. The Morgan fingerprint density at radius 3 is 2.54 bits per heavy atom. The standard InChI is InChI=1S/C19H20F4N2O/c1-10-8-25(15-11-6-24-7-12(20)14(11)13(10)15)16(26)17-2-4-18(9-17,5-3-17)19(21,22)23/h6-7,10,13,15H,2-5,8-9H2,1H3/t10-,13?,15+,17?,18?/m0/s1. The topological polar surface area (TPSA) is 33.2 Å². The number of nitrogens with zero attached hydrogens (tertiary/aromatic N) is 2. The molecule has 3 fully saturated rings. The number of carbonyl (C=O) groups is 1. The number of hydrogen-bond acceptors (Lipinski definition) is 2. The molecule has 1 saturated heterocycles. The van der Waals surface area contributed by atoms with Gasteiger partial charge >= 0.3 is 6.18 Å². The summed E-state index contributed by atoms with van der Waals surface area (Å²) in [6, 6.07) is -0.230. The van der Waals surface area contributed by atoms with Crippen LogP contribution in [0.15, 0.2) is 12.4 Å². The first-order valence-electron chi connectivity index (χ1n) is 9.20. The van der Waals surface area contributed by atoms with Gasteiger partial charge in [-0.2, -0.15) is 13.2 Å². The number of fused-ring (bicyclic) bond motifs is 6. The number of hydrogen-bond donors (Lipinski definition) is 0. The lowest BCUT2D eigenvalue weighted by molar-refractivity contribution is -0.220. The van der Waals surface area contributed by atoms with Crippen LogP contribution in [0.5, 0.6) is 0 Å². The lowest BCUT2D eigenvalue weighted by atomic mass is 9.70. The Labute approximate surface area is 148 Å². The molecule has 26 heavy (non-hydrogen) atoms. The predicted octanol–water partition coefficient (Wildman–Crippen LogP) is 4.35. The van der Waals surface area contributed by atoms with E-state index >= 15 is 0 Å². The second kappa shape index (κ2) is 4.78. The third kappa shape index (κ3) is 1.79. The van der Waals surface area contributed by atoms with E-state index in [1.165, 1.54) is 6.20 Å². The second-order valence-corrected chi connectivity index (χ2v) is 8.76. The Kier molecular flexibility index (Phi) is 3.04. The van der Waals surface area contributed by atoms with Gasteiger partial charge in [-0.05, 0) is 38.0 Å². The molecule has 1 aromatic heterocycles. The third-order valence-corrected chi connectivity index (χ3v) is 7.55. The molecule has 7 heteroatoms. The number of rotatable bonds is 1. The van der Waals surface area contributed by atoms with Gasteiger partial charge in [0.25, 0.3) is 0 Å². The van der Waals surface area contributed by atoms with E-state index in [9.17, 15) is 22.4 Å². The van der Waals surface area contributed by atoms with E-state index in [-0.39, 0.29) is 48.9 Å². The highest BCUT2D eigenvalue weighted by atomic mass is 19.4. The molecular formula is C19H20F4N2O. The van der Waals surface area contributed by atoms with Gasteiger partial charge < -0.3 is 4.90 Å². The molecule has 3 aliphatic carbocycles. The first kappa shape index (κ1) is 16.5. The Morgan fingerprint density at radius 2 is 1.92 bits per heavy atom. The molecule has 1 amide bonds. The number of aromatic nitrogens is 1. The zero-order valence-electron chi connectivity index (χ0n) is 14.4. The van der Waals surface area contributed by atoms with E-state index < -0.39 is 17.0 Å². The van der Waals surface area contributed by atoms with Crippen LogP contribution in [0, 0.1) is 22.6 Å². The first-order chi connectivity index (χ1) is 12.2. The molecule has 0 aromatic carbocycles. The van der Waals surface area contributed by atoms with E-state index in [1.807, 2.05) is 6.92 Å². The van der Waals surface area contributed by atoms with Crippen LogP contribution in [-0.4, -0.2) is 28.5 Å². The van der Waals surface area contributed by atoms with Crippen molar-refractivity contribution in [2.24, 2.45) is 16.7 Å². The quantitative estimate of drug-likeness (QED) is 0.691. The molecule has 1 aromatic rings. The number of amides is 1. The molecule has 140 valence electrons. The maximum atomic E-state index is 14.1. The monoisotopic (exact) mass is 368 g/mol. The minimum Gasteiger partial charge on any atom is -0.334 e. The van der Waals surface area contributed by atoms with Gasteiger partial charge in [0, 0.05) is 29.8 Å². The van der Waals surface area contributed by atoms with Crippen molar-refractivity contribution in [3.8, 4) is 0 Å². The maximum absolute atomic E-state index is 14.1. The van der Waals surface area contributed by atoms with Crippen molar-refractivity contribution in [2.75, 3.05) is 6.54 Å². The average molecular weight is 368 g/mol.